The summed E-state index contributed by atoms with van der Waals surface area (Å²) in [6.07, 6.45) is -5.51. The topological polar surface area (TPSA) is 96.0 Å². The highest BCUT2D eigenvalue weighted by atomic mass is 19.2. The van der Waals surface area contributed by atoms with Gasteiger partial charge in [-0.05, 0) is 29.1 Å². The Labute approximate surface area is 409 Å². The Hall–Kier alpha value is -8.94. The Balaban J connectivity index is 0.000000236. The molecule has 1 heterocycles. The highest BCUT2D eigenvalue weighted by Crippen LogP contribution is 2.31. The molecular formula is C48H17BF20N4O3. The molecule has 0 aliphatic rings. The number of hydrogen-bond acceptors (Lipinski definition) is 4. The lowest BCUT2D eigenvalue weighted by Gasteiger charge is -2.44. The van der Waals surface area contributed by atoms with Crippen LogP contribution in [0.4, 0.5) is 93.5 Å². The van der Waals surface area contributed by atoms with Crippen molar-refractivity contribution in [2.45, 2.75) is 6.54 Å². The van der Waals surface area contributed by atoms with E-state index in [1.165, 1.54) is 6.07 Å². The fraction of sp³-hybridized carbons (Fsp3) is 0.0208. The van der Waals surface area contributed by atoms with Crippen LogP contribution in [0.5, 0.6) is 5.75 Å². The molecule has 0 bridgehead atoms. The summed E-state index contributed by atoms with van der Waals surface area (Å²) in [5.74, 6) is -71.9. The number of ether oxygens (including phenoxy) is 1. The standard InChI is InChI=1S/C24BF20.C24H17N4O3/c26-5-1(6(27)14(35)21(42)13(5)34)25(2-7(28)15(36)22(43)16(37)8(2)29,3-9(30)17(38)23(44)18(39)10(3)31)4-11(32)19(40)24(45)20(41)12(4)33;25-27-26-19-10-6-11-20(15-19)31-24(30)23-21-12-5-4-7-17(21)13-14-28(23)16-22(29)18-8-2-1-3-9-18/h;1-15H,16H2/q-1;+1. The van der Waals surface area contributed by atoms with E-state index in [2.05, 4.69) is 10.0 Å². The Morgan fingerprint density at radius 1 is 0.461 bits per heavy atom. The number of Topliss-reactive ketones (excluding diaryl/α,β-unsaturated/α-hetero) is 1. The zero-order chi connectivity index (χ0) is 56.0. The largest absolute Gasteiger partial charge is 0.419 e. The molecule has 7 nitrogen and oxygen atoms in total. The van der Waals surface area contributed by atoms with Gasteiger partial charge in [0.15, 0.2) is 76.0 Å². The smallest absolute Gasteiger partial charge is 0.409 e. The van der Waals surface area contributed by atoms with Crippen LogP contribution in [0.1, 0.15) is 20.8 Å². The first kappa shape index (κ1) is 54.8. The SMILES string of the molecule is Fc1c(F)c(F)c([B-](c2c(F)c(F)c(F)c(F)c2F)(c2c(F)c(F)c(F)c(F)c2F)c2c(F)c(F)c(F)c(F)c2F)c(F)c1F.[N-]=[N+]=Nc1cccc(OC(=O)c2c3ccccc3cc[n+]2CC(=O)c2ccccc2)c1. The van der Waals surface area contributed by atoms with E-state index in [-0.39, 0.29) is 23.8 Å². The maximum absolute atomic E-state index is 15.4. The molecule has 8 rings (SSSR count). The number of halogens is 20. The second kappa shape index (κ2) is 21.1. The number of ketones is 1. The molecule has 390 valence electrons. The quantitative estimate of drug-likeness (QED) is 0.0117. The molecule has 1 aromatic heterocycles. The zero-order valence-corrected chi connectivity index (χ0v) is 36.5. The van der Waals surface area contributed by atoms with Crippen molar-refractivity contribution in [2.75, 3.05) is 0 Å². The Bertz CT molecular complexity index is 3410. The van der Waals surface area contributed by atoms with E-state index in [0.717, 1.165) is 5.39 Å². The van der Waals surface area contributed by atoms with Crippen molar-refractivity contribution in [3.05, 3.63) is 229 Å². The molecule has 0 saturated carbocycles. The van der Waals surface area contributed by atoms with Gasteiger partial charge >= 0.3 is 5.97 Å². The second-order valence-corrected chi connectivity index (χ2v) is 15.5. The minimum absolute atomic E-state index is 0.0158. The van der Waals surface area contributed by atoms with Crippen LogP contribution in [0.2, 0.25) is 0 Å². The number of rotatable bonds is 10. The monoisotopic (exact) mass is 1090 g/mol. The number of benzene rings is 7. The highest BCUT2D eigenvalue weighted by Gasteiger charge is 2.52. The first-order valence-electron chi connectivity index (χ1n) is 20.5. The van der Waals surface area contributed by atoms with Crippen molar-refractivity contribution in [3.8, 4) is 5.75 Å². The molecule has 28 heteroatoms. The molecule has 0 atom stereocenters. The zero-order valence-electron chi connectivity index (χ0n) is 36.5. The van der Waals surface area contributed by atoms with E-state index in [1.54, 1.807) is 53.2 Å². The van der Waals surface area contributed by atoms with Crippen LogP contribution < -0.4 is 31.2 Å². The van der Waals surface area contributed by atoms with Gasteiger partial charge in [-0.1, -0.05) is 65.8 Å². The molecular weight excluding hydrogens is 1070 g/mol. The maximum atomic E-state index is 15.4. The van der Waals surface area contributed by atoms with Crippen LogP contribution >= 0.6 is 0 Å². The van der Waals surface area contributed by atoms with E-state index < -0.39 is 150 Å². The summed E-state index contributed by atoms with van der Waals surface area (Å²) < 4.78 is 301. The lowest BCUT2D eigenvalue weighted by Crippen LogP contribution is -2.81. The van der Waals surface area contributed by atoms with Gasteiger partial charge in [0.2, 0.25) is 12.3 Å². The number of fused-ring (bicyclic) bond motifs is 1. The molecule has 0 aliphatic heterocycles. The minimum Gasteiger partial charge on any atom is -0.419 e. The molecule has 0 amide bonds. The number of hydrogen-bond donors (Lipinski definition) is 0. The third-order valence-corrected chi connectivity index (χ3v) is 11.4. The lowest BCUT2D eigenvalue weighted by atomic mass is 9.12. The normalized spacial score (nSPS) is 11.3. The molecule has 0 unspecified atom stereocenters. The summed E-state index contributed by atoms with van der Waals surface area (Å²) in [6, 6.07) is 24.5. The predicted molar refractivity (Wildman–Crippen MR) is 224 cm³/mol. The van der Waals surface area contributed by atoms with E-state index >= 15 is 35.1 Å². The fourth-order valence-corrected chi connectivity index (χ4v) is 8.18. The molecule has 76 heavy (non-hydrogen) atoms. The molecule has 7 aromatic carbocycles. The van der Waals surface area contributed by atoms with Crippen LogP contribution in [-0.2, 0) is 6.54 Å². The van der Waals surface area contributed by atoms with Gasteiger partial charge < -0.3 is 4.74 Å². The Kier molecular flexibility index (Phi) is 15.2. The first-order valence-corrected chi connectivity index (χ1v) is 20.5. The highest BCUT2D eigenvalue weighted by molar-refractivity contribution is 7.20. The van der Waals surface area contributed by atoms with Crippen molar-refractivity contribution >= 4 is 56.2 Å². The van der Waals surface area contributed by atoms with Gasteiger partial charge in [-0.2, -0.15) is 4.57 Å². The average Bonchev–Trinajstić information content (AvgIpc) is 3.41. The van der Waals surface area contributed by atoms with Gasteiger partial charge in [-0.25, -0.2) is 92.6 Å². The van der Waals surface area contributed by atoms with Crippen molar-refractivity contribution in [2.24, 2.45) is 5.11 Å². The van der Waals surface area contributed by atoms with E-state index in [0.29, 0.717) is 16.6 Å². The second-order valence-electron chi connectivity index (χ2n) is 15.5. The van der Waals surface area contributed by atoms with Gasteiger partial charge in [0, 0.05) is 22.2 Å². The van der Waals surface area contributed by atoms with Gasteiger partial charge in [-0.3, -0.25) is 4.79 Å². The van der Waals surface area contributed by atoms with Crippen molar-refractivity contribution in [3.63, 3.8) is 0 Å². The maximum Gasteiger partial charge on any atom is 0.409 e. The number of nitrogens with zero attached hydrogens (tertiary/aromatic N) is 4. The summed E-state index contributed by atoms with van der Waals surface area (Å²) in [5.41, 5.74) is -4.56. The van der Waals surface area contributed by atoms with E-state index in [9.17, 15) is 62.3 Å². The third kappa shape index (κ3) is 9.02. The Morgan fingerprint density at radius 3 is 1.22 bits per heavy atom. The van der Waals surface area contributed by atoms with Crippen molar-refractivity contribution < 1.29 is 107 Å². The summed E-state index contributed by atoms with van der Waals surface area (Å²) in [6.45, 7) is -0.0158. The Morgan fingerprint density at radius 2 is 0.829 bits per heavy atom. The molecule has 0 N–H and O–H groups in total. The lowest BCUT2D eigenvalue weighted by molar-refractivity contribution is -0.684. The molecule has 8 aromatic rings. The third-order valence-electron chi connectivity index (χ3n) is 11.4. The van der Waals surface area contributed by atoms with Crippen molar-refractivity contribution in [1.29, 1.82) is 0 Å². The van der Waals surface area contributed by atoms with Crippen LogP contribution in [0.15, 0.2) is 96.2 Å². The number of aromatic nitrogens is 1. The summed E-state index contributed by atoms with van der Waals surface area (Å²) in [5, 5.41) is 5.04. The van der Waals surface area contributed by atoms with Crippen LogP contribution in [0.3, 0.4) is 0 Å². The average molecular weight is 1090 g/mol. The van der Waals surface area contributed by atoms with Crippen LogP contribution in [0.25, 0.3) is 21.2 Å². The molecule has 0 saturated heterocycles. The number of esters is 1. The number of carbonyl (C=O) groups excluding carboxylic acids is 2. The predicted octanol–water partition coefficient (Wildman–Crippen LogP) is 11.0. The van der Waals surface area contributed by atoms with E-state index in [4.69, 9.17) is 10.3 Å². The number of carbonyl (C=O) groups is 2. The van der Waals surface area contributed by atoms with Crippen LogP contribution in [-0.4, -0.2) is 17.9 Å². The van der Waals surface area contributed by atoms with Gasteiger partial charge in [-0.15, -0.1) is 21.9 Å². The fourth-order valence-electron chi connectivity index (χ4n) is 8.18. The van der Waals surface area contributed by atoms with Gasteiger partial charge in [0.05, 0.1) is 5.39 Å². The molecule has 0 fully saturated rings. The van der Waals surface area contributed by atoms with Gasteiger partial charge in [0.1, 0.15) is 58.4 Å². The molecule has 0 spiro atoms. The summed E-state index contributed by atoms with van der Waals surface area (Å²) >= 11 is 0. The van der Waals surface area contributed by atoms with Gasteiger partial charge in [0.25, 0.3) is 5.69 Å². The first-order chi connectivity index (χ1) is 35.9. The molecule has 0 radical (unpaired) electrons. The summed E-state index contributed by atoms with van der Waals surface area (Å²) in [4.78, 5) is 28.7. The number of pyridine rings is 1. The summed E-state index contributed by atoms with van der Waals surface area (Å²) in [7, 11) is 0. The molecule has 0 aliphatic carbocycles. The van der Waals surface area contributed by atoms with Crippen molar-refractivity contribution in [1.82, 2.24) is 0 Å². The minimum atomic E-state index is -7.22. The van der Waals surface area contributed by atoms with E-state index in [1.807, 2.05) is 36.4 Å². The number of azide groups is 1. The van der Waals surface area contributed by atoms with Crippen LogP contribution in [0, 0.1) is 116 Å².